The summed E-state index contributed by atoms with van der Waals surface area (Å²) in [6.45, 7) is 0. The van der Waals surface area contributed by atoms with Gasteiger partial charge < -0.3 is 10.8 Å². The Labute approximate surface area is 99.6 Å². The normalized spacial score (nSPS) is 28.9. The van der Waals surface area contributed by atoms with Crippen molar-refractivity contribution >= 4 is 0 Å². The van der Waals surface area contributed by atoms with Gasteiger partial charge in [-0.25, -0.2) is 0 Å². The highest BCUT2D eigenvalue weighted by molar-refractivity contribution is 4.86. The maximum Gasteiger partial charge on any atom is 0.116 e. The van der Waals surface area contributed by atoms with Gasteiger partial charge in [-0.2, -0.15) is 0 Å². The van der Waals surface area contributed by atoms with Crippen LogP contribution in [0.2, 0.25) is 0 Å². The lowest BCUT2D eigenvalue weighted by molar-refractivity contribution is -0.0502. The second-order valence-corrected chi connectivity index (χ2v) is 6.03. The topological polar surface area (TPSA) is 46.2 Å². The first-order chi connectivity index (χ1) is 7.68. The van der Waals surface area contributed by atoms with Gasteiger partial charge in [-0.15, -0.1) is 0 Å². The third-order valence-electron chi connectivity index (χ3n) is 4.65. The molecule has 3 N–H and O–H groups in total. The largest absolute Gasteiger partial charge is 0.376 e. The molecule has 2 heteroatoms. The van der Waals surface area contributed by atoms with Crippen LogP contribution in [0.15, 0.2) is 0 Å². The van der Waals surface area contributed by atoms with Gasteiger partial charge in [0.05, 0.1) is 0 Å². The molecule has 1 atom stereocenters. The Bertz CT molecular complexity index is 203. The molecule has 0 aromatic carbocycles. The minimum atomic E-state index is -0.873. The minimum absolute atomic E-state index is 0.364. The molecule has 0 bridgehead atoms. The van der Waals surface area contributed by atoms with Gasteiger partial charge in [-0.1, -0.05) is 51.4 Å². The Morgan fingerprint density at radius 3 is 1.94 bits per heavy atom. The standard InChI is InChI=1S/C14H27NO/c15-14(16,13-9-5-2-6-10-13)11-12-7-3-1-4-8-12/h12-13,16H,1-11,15H2. The second-order valence-electron chi connectivity index (χ2n) is 6.03. The van der Waals surface area contributed by atoms with Gasteiger partial charge in [0, 0.05) is 5.92 Å². The predicted molar refractivity (Wildman–Crippen MR) is 66.9 cm³/mol. The van der Waals surface area contributed by atoms with Gasteiger partial charge in [0.15, 0.2) is 0 Å². The van der Waals surface area contributed by atoms with E-state index >= 15 is 0 Å². The van der Waals surface area contributed by atoms with Gasteiger partial charge in [-0.05, 0) is 25.2 Å². The van der Waals surface area contributed by atoms with Crippen LogP contribution >= 0.6 is 0 Å². The smallest absolute Gasteiger partial charge is 0.116 e. The molecule has 0 aromatic heterocycles. The summed E-state index contributed by atoms with van der Waals surface area (Å²) in [7, 11) is 0. The van der Waals surface area contributed by atoms with Crippen molar-refractivity contribution in [2.24, 2.45) is 17.6 Å². The van der Waals surface area contributed by atoms with Crippen LogP contribution in [0.5, 0.6) is 0 Å². The molecule has 2 saturated carbocycles. The van der Waals surface area contributed by atoms with Gasteiger partial charge in [0.2, 0.25) is 0 Å². The number of aliphatic hydroxyl groups is 1. The average molecular weight is 225 g/mol. The maximum atomic E-state index is 10.5. The molecule has 16 heavy (non-hydrogen) atoms. The van der Waals surface area contributed by atoms with Crippen molar-refractivity contribution in [2.45, 2.75) is 76.4 Å². The third-order valence-corrected chi connectivity index (χ3v) is 4.65. The second kappa shape index (κ2) is 5.50. The Kier molecular flexibility index (Phi) is 4.26. The molecule has 0 saturated heterocycles. The summed E-state index contributed by atoms with van der Waals surface area (Å²) in [6, 6.07) is 0. The Hall–Kier alpha value is -0.0800. The molecule has 0 aromatic rings. The fourth-order valence-electron chi connectivity index (χ4n) is 3.62. The number of hydrogen-bond acceptors (Lipinski definition) is 2. The van der Waals surface area contributed by atoms with Crippen molar-refractivity contribution in [3.8, 4) is 0 Å². The first-order valence-electron chi connectivity index (χ1n) is 7.20. The lowest BCUT2D eigenvalue weighted by atomic mass is 9.75. The predicted octanol–water partition coefficient (Wildman–Crippen LogP) is 3.18. The number of hydrogen-bond donors (Lipinski definition) is 2. The van der Waals surface area contributed by atoms with Crippen molar-refractivity contribution in [3.63, 3.8) is 0 Å². The summed E-state index contributed by atoms with van der Waals surface area (Å²) in [6.07, 6.45) is 13.6. The Balaban J connectivity index is 1.84. The van der Waals surface area contributed by atoms with Crippen molar-refractivity contribution < 1.29 is 5.11 Å². The van der Waals surface area contributed by atoms with Crippen molar-refractivity contribution in [2.75, 3.05) is 0 Å². The molecule has 0 amide bonds. The zero-order valence-electron chi connectivity index (χ0n) is 10.5. The van der Waals surface area contributed by atoms with E-state index in [-0.39, 0.29) is 0 Å². The van der Waals surface area contributed by atoms with Gasteiger partial charge in [0.25, 0.3) is 0 Å². The van der Waals surface area contributed by atoms with E-state index in [4.69, 9.17) is 5.73 Å². The highest BCUT2D eigenvalue weighted by Crippen LogP contribution is 2.36. The molecular formula is C14H27NO. The van der Waals surface area contributed by atoms with Gasteiger partial charge in [0.1, 0.15) is 5.72 Å². The van der Waals surface area contributed by atoms with Crippen LogP contribution in [0.3, 0.4) is 0 Å². The molecule has 2 rings (SSSR count). The van der Waals surface area contributed by atoms with Gasteiger partial charge in [-0.3, -0.25) is 0 Å². The Morgan fingerprint density at radius 1 is 0.875 bits per heavy atom. The summed E-state index contributed by atoms with van der Waals surface area (Å²) >= 11 is 0. The molecular weight excluding hydrogens is 198 g/mol. The first-order valence-corrected chi connectivity index (χ1v) is 7.20. The fraction of sp³-hybridized carbons (Fsp3) is 1.00. The van der Waals surface area contributed by atoms with Crippen molar-refractivity contribution in [3.05, 3.63) is 0 Å². The van der Waals surface area contributed by atoms with Crippen LogP contribution in [-0.2, 0) is 0 Å². The molecule has 94 valence electrons. The molecule has 2 nitrogen and oxygen atoms in total. The first kappa shape index (κ1) is 12.4. The molecule has 2 aliphatic rings. The Morgan fingerprint density at radius 2 is 1.38 bits per heavy atom. The van der Waals surface area contributed by atoms with Crippen LogP contribution in [0.25, 0.3) is 0 Å². The van der Waals surface area contributed by atoms with E-state index in [1.165, 1.54) is 51.4 Å². The number of nitrogens with two attached hydrogens (primary N) is 1. The SMILES string of the molecule is NC(O)(CC1CCCCC1)C1CCCCC1. The molecule has 0 heterocycles. The maximum absolute atomic E-state index is 10.5. The highest BCUT2D eigenvalue weighted by atomic mass is 16.3. The molecule has 0 spiro atoms. The van der Waals surface area contributed by atoms with E-state index in [2.05, 4.69) is 0 Å². The molecule has 1 unspecified atom stereocenters. The van der Waals surface area contributed by atoms with E-state index in [9.17, 15) is 5.11 Å². The van der Waals surface area contributed by atoms with E-state index in [1.807, 2.05) is 0 Å². The number of rotatable bonds is 3. The monoisotopic (exact) mass is 225 g/mol. The average Bonchev–Trinajstić information content (AvgIpc) is 2.31. The molecule has 2 fully saturated rings. The quantitative estimate of drug-likeness (QED) is 0.725. The summed E-state index contributed by atoms with van der Waals surface area (Å²) in [5.41, 5.74) is 5.31. The fourth-order valence-corrected chi connectivity index (χ4v) is 3.62. The zero-order chi connectivity index (χ0) is 11.4. The summed E-state index contributed by atoms with van der Waals surface area (Å²) in [5, 5.41) is 10.5. The van der Waals surface area contributed by atoms with E-state index in [1.54, 1.807) is 0 Å². The van der Waals surface area contributed by atoms with Crippen LogP contribution in [0, 0.1) is 11.8 Å². The lowest BCUT2D eigenvalue weighted by Crippen LogP contribution is -2.49. The van der Waals surface area contributed by atoms with Crippen LogP contribution in [-0.4, -0.2) is 10.8 Å². The van der Waals surface area contributed by atoms with Crippen LogP contribution in [0.1, 0.15) is 70.6 Å². The van der Waals surface area contributed by atoms with E-state index in [0.717, 1.165) is 19.3 Å². The molecule has 0 aliphatic heterocycles. The third kappa shape index (κ3) is 3.21. The highest BCUT2D eigenvalue weighted by Gasteiger charge is 2.35. The minimum Gasteiger partial charge on any atom is -0.376 e. The van der Waals surface area contributed by atoms with Crippen molar-refractivity contribution in [1.82, 2.24) is 0 Å². The van der Waals surface area contributed by atoms with E-state index < -0.39 is 5.72 Å². The summed E-state index contributed by atoms with van der Waals surface area (Å²) in [5.74, 6) is 1.05. The zero-order valence-corrected chi connectivity index (χ0v) is 10.5. The molecule has 2 aliphatic carbocycles. The van der Waals surface area contributed by atoms with Crippen LogP contribution in [0.4, 0.5) is 0 Å². The van der Waals surface area contributed by atoms with E-state index in [0.29, 0.717) is 11.8 Å². The lowest BCUT2D eigenvalue weighted by Gasteiger charge is -2.38. The summed E-state index contributed by atoms with van der Waals surface area (Å²) in [4.78, 5) is 0. The summed E-state index contributed by atoms with van der Waals surface area (Å²) < 4.78 is 0. The molecule has 0 radical (unpaired) electrons. The van der Waals surface area contributed by atoms with Crippen LogP contribution < -0.4 is 5.73 Å². The van der Waals surface area contributed by atoms with Gasteiger partial charge >= 0.3 is 0 Å². The van der Waals surface area contributed by atoms with Crippen molar-refractivity contribution in [1.29, 1.82) is 0 Å².